The van der Waals surface area contributed by atoms with Crippen molar-refractivity contribution in [1.82, 2.24) is 5.32 Å². The fraction of sp³-hybridized carbons (Fsp3) is 0.565. The molecule has 0 aliphatic carbocycles. The Labute approximate surface area is 193 Å². The first kappa shape index (κ1) is 27.9. The zero-order valence-corrected chi connectivity index (χ0v) is 19.7. The van der Waals surface area contributed by atoms with Crippen molar-refractivity contribution in [3.63, 3.8) is 0 Å². The van der Waals surface area contributed by atoms with Crippen LogP contribution in [0.3, 0.4) is 0 Å². The highest BCUT2D eigenvalue weighted by Gasteiger charge is 2.22. The van der Waals surface area contributed by atoms with Crippen molar-refractivity contribution in [2.24, 2.45) is 5.92 Å². The van der Waals surface area contributed by atoms with Crippen LogP contribution in [0.25, 0.3) is 0 Å². The van der Waals surface area contributed by atoms with Gasteiger partial charge in [-0.05, 0) is 37.0 Å². The van der Waals surface area contributed by atoms with Crippen LogP contribution >= 0.6 is 0 Å². The molecule has 2 N–H and O–H groups in total. The van der Waals surface area contributed by atoms with Gasteiger partial charge in [-0.1, -0.05) is 33.8 Å². The topological polar surface area (TPSA) is 137 Å². The lowest BCUT2D eigenvalue weighted by molar-refractivity contribution is -0.139. The van der Waals surface area contributed by atoms with Crippen LogP contribution in [0.2, 0.25) is 0 Å². The van der Waals surface area contributed by atoms with Gasteiger partial charge in [-0.2, -0.15) is 0 Å². The average molecular weight is 468 g/mol. The molecule has 184 valence electrons. The number of carboxylic acid groups (broad SMARTS) is 1. The molecule has 0 bridgehead atoms. The summed E-state index contributed by atoms with van der Waals surface area (Å²) in [5.41, 5.74) is 0.537. The summed E-state index contributed by atoms with van der Waals surface area (Å²) in [4.78, 5) is 46.8. The van der Waals surface area contributed by atoms with E-state index in [2.05, 4.69) is 5.32 Å². The molecule has 1 aromatic carbocycles. The minimum absolute atomic E-state index is 0.0369. The summed E-state index contributed by atoms with van der Waals surface area (Å²) < 4.78 is 20.5. The molecule has 0 spiro atoms. The quantitative estimate of drug-likeness (QED) is 0.329. The second-order valence-corrected chi connectivity index (χ2v) is 7.82. The molecule has 10 nitrogen and oxygen atoms in total. The Morgan fingerprint density at radius 2 is 1.58 bits per heavy atom. The highest BCUT2D eigenvalue weighted by Crippen LogP contribution is 2.30. The molecule has 0 aliphatic rings. The van der Waals surface area contributed by atoms with Crippen LogP contribution in [0.1, 0.15) is 53.0 Å². The Kier molecular flexibility index (Phi) is 11.9. The predicted octanol–water partition coefficient (Wildman–Crippen LogP) is 3.10. The number of aliphatic carboxylic acids is 1. The molecule has 0 radical (unpaired) electrons. The van der Waals surface area contributed by atoms with E-state index in [0.29, 0.717) is 5.56 Å². The largest absolute Gasteiger partial charge is 0.508 e. The van der Waals surface area contributed by atoms with Gasteiger partial charge in [0.2, 0.25) is 0 Å². The first-order valence-corrected chi connectivity index (χ1v) is 10.9. The Balaban J connectivity index is 2.84. The third-order valence-corrected chi connectivity index (χ3v) is 4.25. The minimum Gasteiger partial charge on any atom is -0.480 e. The van der Waals surface area contributed by atoms with Gasteiger partial charge in [0.05, 0.1) is 6.61 Å². The molecular weight excluding hydrogens is 434 g/mol. The SMILES string of the molecule is CCC(=O)Oc1ccc(C[C@H](NCC(C)OC(=O)OCC(C)C)C(=O)O)cc1OC(=O)CC. The van der Waals surface area contributed by atoms with E-state index < -0.39 is 36.2 Å². The highest BCUT2D eigenvalue weighted by molar-refractivity contribution is 5.76. The van der Waals surface area contributed by atoms with Crippen LogP contribution in [0.15, 0.2) is 18.2 Å². The van der Waals surface area contributed by atoms with Gasteiger partial charge in [-0.15, -0.1) is 0 Å². The number of carboxylic acids is 1. The molecule has 2 atom stereocenters. The fourth-order valence-electron chi connectivity index (χ4n) is 2.50. The van der Waals surface area contributed by atoms with Crippen LogP contribution in [0.5, 0.6) is 11.5 Å². The Hall–Kier alpha value is -3.14. The fourth-order valence-corrected chi connectivity index (χ4v) is 2.50. The number of carbonyl (C=O) groups is 4. The predicted molar refractivity (Wildman–Crippen MR) is 118 cm³/mol. The van der Waals surface area contributed by atoms with E-state index in [1.54, 1.807) is 26.8 Å². The van der Waals surface area contributed by atoms with Gasteiger partial charge in [0.1, 0.15) is 12.1 Å². The molecule has 0 aromatic heterocycles. The number of carbonyl (C=O) groups excluding carboxylic acids is 3. The van der Waals surface area contributed by atoms with Crippen molar-refractivity contribution < 1.29 is 43.2 Å². The van der Waals surface area contributed by atoms with Crippen molar-refractivity contribution in [2.45, 2.75) is 66.0 Å². The van der Waals surface area contributed by atoms with E-state index in [0.717, 1.165) is 0 Å². The van der Waals surface area contributed by atoms with Crippen LogP contribution in [0, 0.1) is 5.92 Å². The summed E-state index contributed by atoms with van der Waals surface area (Å²) in [6.07, 6.45) is -1.15. The molecule has 0 aliphatic heterocycles. The molecule has 0 saturated heterocycles. The molecule has 33 heavy (non-hydrogen) atoms. The van der Waals surface area contributed by atoms with Gasteiger partial charge in [0, 0.05) is 19.4 Å². The molecule has 0 amide bonds. The molecule has 1 unspecified atom stereocenters. The summed E-state index contributed by atoms with van der Waals surface area (Å²) in [6, 6.07) is 3.49. The second-order valence-electron chi connectivity index (χ2n) is 7.82. The van der Waals surface area contributed by atoms with Crippen molar-refractivity contribution >= 4 is 24.1 Å². The molecule has 0 heterocycles. The third-order valence-electron chi connectivity index (χ3n) is 4.25. The van der Waals surface area contributed by atoms with Crippen LogP contribution < -0.4 is 14.8 Å². The van der Waals surface area contributed by atoms with Crippen LogP contribution in [0.4, 0.5) is 4.79 Å². The summed E-state index contributed by atoms with van der Waals surface area (Å²) in [5, 5.41) is 12.4. The van der Waals surface area contributed by atoms with E-state index >= 15 is 0 Å². The summed E-state index contributed by atoms with van der Waals surface area (Å²) in [6.45, 7) is 8.96. The van der Waals surface area contributed by atoms with Gasteiger partial charge in [0.15, 0.2) is 11.5 Å². The van der Waals surface area contributed by atoms with Crippen molar-refractivity contribution in [1.29, 1.82) is 0 Å². The van der Waals surface area contributed by atoms with E-state index in [9.17, 15) is 24.3 Å². The maximum Gasteiger partial charge on any atom is 0.508 e. The molecule has 1 rings (SSSR count). The Morgan fingerprint density at radius 1 is 0.970 bits per heavy atom. The molecular formula is C23H33NO9. The van der Waals surface area contributed by atoms with Gasteiger partial charge in [-0.3, -0.25) is 14.4 Å². The lowest BCUT2D eigenvalue weighted by Gasteiger charge is -2.19. The van der Waals surface area contributed by atoms with Crippen molar-refractivity contribution in [3.8, 4) is 11.5 Å². The normalized spacial score (nSPS) is 12.5. The Bertz CT molecular complexity index is 822. The summed E-state index contributed by atoms with van der Waals surface area (Å²) in [5.74, 6) is -1.85. The van der Waals surface area contributed by atoms with Crippen LogP contribution in [-0.4, -0.2) is 54.5 Å². The summed E-state index contributed by atoms with van der Waals surface area (Å²) >= 11 is 0. The molecule has 10 heteroatoms. The zero-order chi connectivity index (χ0) is 25.0. The lowest BCUT2D eigenvalue weighted by atomic mass is 10.0. The van der Waals surface area contributed by atoms with E-state index in [1.165, 1.54) is 12.1 Å². The van der Waals surface area contributed by atoms with Gasteiger partial charge in [-0.25, -0.2) is 4.79 Å². The number of nitrogens with one attached hydrogen (secondary N) is 1. The first-order valence-electron chi connectivity index (χ1n) is 10.9. The van der Waals surface area contributed by atoms with Crippen LogP contribution in [-0.2, 0) is 30.3 Å². The van der Waals surface area contributed by atoms with E-state index in [4.69, 9.17) is 18.9 Å². The number of hydrogen-bond acceptors (Lipinski definition) is 9. The maximum atomic E-state index is 11.8. The second kappa shape index (κ2) is 14.1. The van der Waals surface area contributed by atoms with E-state index in [1.807, 2.05) is 13.8 Å². The lowest BCUT2D eigenvalue weighted by Crippen LogP contribution is -2.42. The number of esters is 2. The minimum atomic E-state index is -1.11. The maximum absolute atomic E-state index is 11.8. The van der Waals surface area contributed by atoms with Crippen molar-refractivity contribution in [3.05, 3.63) is 23.8 Å². The smallest absolute Gasteiger partial charge is 0.480 e. The summed E-state index contributed by atoms with van der Waals surface area (Å²) in [7, 11) is 0. The monoisotopic (exact) mass is 467 g/mol. The van der Waals surface area contributed by atoms with Gasteiger partial charge >= 0.3 is 24.1 Å². The molecule has 0 saturated carbocycles. The number of rotatable bonds is 13. The number of ether oxygens (including phenoxy) is 4. The van der Waals surface area contributed by atoms with Gasteiger partial charge < -0.3 is 29.4 Å². The third kappa shape index (κ3) is 10.8. The average Bonchev–Trinajstić information content (AvgIpc) is 2.76. The number of hydrogen-bond donors (Lipinski definition) is 2. The Morgan fingerprint density at radius 3 is 2.12 bits per heavy atom. The molecule has 0 fully saturated rings. The van der Waals surface area contributed by atoms with E-state index in [-0.39, 0.29) is 49.8 Å². The van der Waals surface area contributed by atoms with Crippen molar-refractivity contribution in [2.75, 3.05) is 13.2 Å². The standard InChI is InChI=1S/C23H33NO9/c1-6-20(25)32-18-9-8-16(11-19(18)33-21(26)7-2)10-17(22(27)28)24-12-15(5)31-23(29)30-13-14(3)4/h8-9,11,14-15,17,24H,6-7,10,12-13H2,1-5H3,(H,27,28)/t15?,17-/m0/s1. The van der Waals surface area contributed by atoms with Gasteiger partial charge in [0.25, 0.3) is 0 Å². The molecule has 1 aromatic rings. The highest BCUT2D eigenvalue weighted by atomic mass is 16.7. The zero-order valence-electron chi connectivity index (χ0n) is 19.7. The number of benzene rings is 1. The first-order chi connectivity index (χ1) is 15.5.